The lowest BCUT2D eigenvalue weighted by molar-refractivity contribution is -0.126. The van der Waals surface area contributed by atoms with Crippen molar-refractivity contribution in [2.24, 2.45) is 7.05 Å². The van der Waals surface area contributed by atoms with Gasteiger partial charge in [-0.15, -0.1) is 0 Å². The van der Waals surface area contributed by atoms with Crippen LogP contribution in [0.1, 0.15) is 28.9 Å². The van der Waals surface area contributed by atoms with Crippen molar-refractivity contribution < 1.29 is 29.4 Å². The largest absolute Gasteiger partial charge is 0.483 e. The van der Waals surface area contributed by atoms with Gasteiger partial charge in [0, 0.05) is 45.6 Å². The van der Waals surface area contributed by atoms with E-state index in [0.29, 0.717) is 37.4 Å². The number of carbonyl (C=O) groups excluding carboxylic acids is 2. The van der Waals surface area contributed by atoms with Gasteiger partial charge in [0.1, 0.15) is 17.1 Å². The number of likely N-dealkylation sites (N-methyl/N-ethyl adjacent to an activating group) is 1. The highest BCUT2D eigenvalue weighted by Gasteiger charge is 2.42. The van der Waals surface area contributed by atoms with Crippen LogP contribution in [0.15, 0.2) is 30.6 Å². The van der Waals surface area contributed by atoms with Crippen molar-refractivity contribution in [3.05, 3.63) is 41.9 Å². The summed E-state index contributed by atoms with van der Waals surface area (Å²) >= 11 is 0. The van der Waals surface area contributed by atoms with Crippen molar-refractivity contribution in [1.82, 2.24) is 25.0 Å². The van der Waals surface area contributed by atoms with Crippen molar-refractivity contribution >= 4 is 30.6 Å². The molecule has 1 aliphatic rings. The quantitative estimate of drug-likeness (QED) is 0.483. The summed E-state index contributed by atoms with van der Waals surface area (Å²) in [5, 5.41) is 24.1. The molecule has 1 saturated heterocycles. The summed E-state index contributed by atoms with van der Waals surface area (Å²) < 4.78 is 1.68. The molecule has 3 rings (SSSR count). The van der Waals surface area contributed by atoms with Gasteiger partial charge in [-0.2, -0.15) is 5.10 Å². The van der Waals surface area contributed by atoms with E-state index in [1.54, 1.807) is 28.9 Å². The van der Waals surface area contributed by atoms with Gasteiger partial charge in [-0.05, 0) is 31.4 Å². The van der Waals surface area contributed by atoms with Gasteiger partial charge in [0.15, 0.2) is 0 Å². The first-order valence-electron chi connectivity index (χ1n) is 9.64. The van der Waals surface area contributed by atoms with Crippen molar-refractivity contribution in [1.29, 1.82) is 0 Å². The number of aryl methyl sites for hydroxylation is 2. The van der Waals surface area contributed by atoms with Gasteiger partial charge in [-0.1, -0.05) is 6.07 Å². The number of carbonyl (C=O) groups is 4. The van der Waals surface area contributed by atoms with Crippen LogP contribution in [-0.2, 0) is 21.4 Å². The topological polar surface area (TPSA) is 167 Å². The minimum atomic E-state index is -0.777. The minimum absolute atomic E-state index is 0.0938. The zero-order valence-corrected chi connectivity index (χ0v) is 18.2. The molecule has 0 spiro atoms. The molecule has 2 amide bonds. The number of rotatable bonds is 4. The van der Waals surface area contributed by atoms with E-state index in [2.05, 4.69) is 20.7 Å². The van der Waals surface area contributed by atoms with Crippen molar-refractivity contribution in [2.75, 3.05) is 25.5 Å². The molecular weight excluding hydrogens is 420 g/mol. The molecule has 2 aromatic heterocycles. The van der Waals surface area contributed by atoms with Crippen LogP contribution in [0, 0.1) is 6.92 Å². The number of hydrogen-bond donors (Lipinski definition) is 4. The highest BCUT2D eigenvalue weighted by molar-refractivity contribution is 5.93. The number of hydrogen-bond acceptors (Lipinski definition) is 7. The Morgan fingerprint density at radius 2 is 1.72 bits per heavy atom. The maximum atomic E-state index is 12.6. The first kappa shape index (κ1) is 26.1. The molecule has 0 atom stereocenters. The first-order chi connectivity index (χ1) is 15.3. The van der Waals surface area contributed by atoms with Gasteiger partial charge in [0.25, 0.3) is 18.9 Å². The fourth-order valence-corrected chi connectivity index (χ4v) is 3.22. The molecule has 174 valence electrons. The standard InChI is InChI=1S/C18H24N6O2.2CH2O2/c1-13-4-5-14(20-12-13)16(25)24-10-7-18(8-11-24,17(26)19-2)21-15-6-9-23(3)22-15;2*2-1-3/h4-6,9,12H,7-8,10-11H2,1-3H3,(H,19,26)(H,21,22);2*1H,(H,2,3). The number of pyridine rings is 1. The molecule has 0 aromatic carbocycles. The van der Waals surface area contributed by atoms with Crippen LogP contribution in [0.4, 0.5) is 5.82 Å². The third kappa shape index (κ3) is 7.07. The maximum absolute atomic E-state index is 12.6. The zero-order chi connectivity index (χ0) is 24.1. The summed E-state index contributed by atoms with van der Waals surface area (Å²) in [6.07, 6.45) is 4.51. The van der Waals surface area contributed by atoms with Crippen LogP contribution in [0.2, 0.25) is 0 Å². The van der Waals surface area contributed by atoms with Gasteiger partial charge >= 0.3 is 0 Å². The second-order valence-electron chi connectivity index (χ2n) is 6.88. The van der Waals surface area contributed by atoms with Crippen molar-refractivity contribution in [2.45, 2.75) is 25.3 Å². The number of aromatic nitrogens is 3. The van der Waals surface area contributed by atoms with Crippen molar-refractivity contribution in [3.8, 4) is 0 Å². The Balaban J connectivity index is 0.000000769. The predicted molar refractivity (Wildman–Crippen MR) is 115 cm³/mol. The average Bonchev–Trinajstić information content (AvgIpc) is 3.19. The van der Waals surface area contributed by atoms with E-state index >= 15 is 0 Å². The summed E-state index contributed by atoms with van der Waals surface area (Å²) in [5.74, 6) is 0.452. The predicted octanol–water partition coefficient (Wildman–Crippen LogP) is 0.358. The molecule has 0 radical (unpaired) electrons. The van der Waals surface area contributed by atoms with E-state index in [-0.39, 0.29) is 24.8 Å². The Morgan fingerprint density at radius 3 is 2.16 bits per heavy atom. The second kappa shape index (κ2) is 12.7. The van der Waals surface area contributed by atoms with Gasteiger partial charge in [0.05, 0.1) is 0 Å². The number of likely N-dealkylation sites (tertiary alicyclic amines) is 1. The molecule has 12 heteroatoms. The molecule has 1 aliphatic heterocycles. The molecule has 0 unspecified atom stereocenters. The lowest BCUT2D eigenvalue weighted by atomic mass is 9.86. The number of piperidine rings is 1. The van der Waals surface area contributed by atoms with Crippen LogP contribution in [0.25, 0.3) is 0 Å². The summed E-state index contributed by atoms with van der Waals surface area (Å²) in [4.78, 5) is 47.9. The lowest BCUT2D eigenvalue weighted by Gasteiger charge is -2.40. The fourth-order valence-electron chi connectivity index (χ4n) is 3.22. The molecule has 32 heavy (non-hydrogen) atoms. The van der Waals surface area contributed by atoms with Gasteiger partial charge in [0.2, 0.25) is 5.91 Å². The van der Waals surface area contributed by atoms with Crippen molar-refractivity contribution in [3.63, 3.8) is 0 Å². The van der Waals surface area contributed by atoms with Crippen LogP contribution in [0.3, 0.4) is 0 Å². The maximum Gasteiger partial charge on any atom is 0.290 e. The molecule has 0 saturated carbocycles. The summed E-state index contributed by atoms with van der Waals surface area (Å²) in [6, 6.07) is 5.45. The van der Waals surface area contributed by atoms with E-state index in [9.17, 15) is 9.59 Å². The number of nitrogens with one attached hydrogen (secondary N) is 2. The van der Waals surface area contributed by atoms with Gasteiger partial charge < -0.3 is 25.7 Å². The third-order valence-electron chi connectivity index (χ3n) is 4.78. The SMILES string of the molecule is CNC(=O)C1(Nc2ccn(C)n2)CCN(C(=O)c2ccc(C)cn2)CC1.O=CO.O=CO. The number of anilines is 1. The van der Waals surface area contributed by atoms with Crippen LogP contribution in [-0.4, -0.2) is 80.3 Å². The van der Waals surface area contributed by atoms with E-state index in [4.69, 9.17) is 19.8 Å². The Bertz CT molecular complexity index is 884. The lowest BCUT2D eigenvalue weighted by Crippen LogP contribution is -2.58. The molecule has 3 heterocycles. The molecule has 1 fully saturated rings. The fraction of sp³-hybridized carbons (Fsp3) is 0.400. The summed E-state index contributed by atoms with van der Waals surface area (Å²) in [5.41, 5.74) is 0.666. The Kier molecular flexibility index (Phi) is 10.3. The van der Waals surface area contributed by atoms with Gasteiger partial charge in [-0.25, -0.2) is 0 Å². The van der Waals surface area contributed by atoms with Crippen LogP contribution >= 0.6 is 0 Å². The summed E-state index contributed by atoms with van der Waals surface area (Å²) in [7, 11) is 3.45. The van der Waals surface area contributed by atoms with E-state index in [1.165, 1.54) is 0 Å². The Morgan fingerprint density at radius 1 is 1.12 bits per heavy atom. The number of nitrogens with zero attached hydrogens (tertiary/aromatic N) is 4. The minimum Gasteiger partial charge on any atom is -0.483 e. The molecule has 0 aliphatic carbocycles. The number of carboxylic acid groups (broad SMARTS) is 2. The second-order valence-corrected chi connectivity index (χ2v) is 6.88. The molecule has 0 bridgehead atoms. The van der Waals surface area contributed by atoms with Crippen LogP contribution < -0.4 is 10.6 Å². The Hall–Kier alpha value is -3.96. The zero-order valence-electron chi connectivity index (χ0n) is 18.2. The molecular formula is C20H28N6O6. The smallest absolute Gasteiger partial charge is 0.290 e. The third-order valence-corrected chi connectivity index (χ3v) is 4.78. The van der Waals surface area contributed by atoms with Gasteiger partial charge in [-0.3, -0.25) is 28.8 Å². The van der Waals surface area contributed by atoms with E-state index < -0.39 is 5.54 Å². The molecule has 4 N–H and O–H groups in total. The first-order valence-corrected chi connectivity index (χ1v) is 9.64. The molecule has 2 aromatic rings. The van der Waals surface area contributed by atoms with E-state index in [1.807, 2.05) is 32.3 Å². The van der Waals surface area contributed by atoms with Crippen LogP contribution in [0.5, 0.6) is 0 Å². The highest BCUT2D eigenvalue weighted by Crippen LogP contribution is 2.27. The average molecular weight is 448 g/mol. The normalized spacial score (nSPS) is 13.9. The van der Waals surface area contributed by atoms with E-state index in [0.717, 1.165) is 5.56 Å². The highest BCUT2D eigenvalue weighted by atomic mass is 16.3. The number of amides is 2. The summed E-state index contributed by atoms with van der Waals surface area (Å²) in [6.45, 7) is 2.38. The Labute approximate surface area is 185 Å². The molecule has 12 nitrogen and oxygen atoms in total. The monoisotopic (exact) mass is 448 g/mol.